The Hall–Kier alpha value is -0.905. The number of ketones is 1. The first-order chi connectivity index (χ1) is 9.14. The van der Waals surface area contributed by atoms with Crippen molar-refractivity contribution >= 4 is 30.0 Å². The van der Waals surface area contributed by atoms with Gasteiger partial charge in [0.2, 0.25) is 0 Å². The maximum absolute atomic E-state index is 11.4. The van der Waals surface area contributed by atoms with Crippen LogP contribution in [0, 0.1) is 0 Å². The number of rotatable bonds is 3. The van der Waals surface area contributed by atoms with Crippen LogP contribution < -0.4 is 5.46 Å². The number of aromatic nitrogens is 1. The van der Waals surface area contributed by atoms with Crippen LogP contribution in [0.2, 0.25) is 5.02 Å². The third-order valence-corrected chi connectivity index (χ3v) is 4.30. The molecule has 1 aromatic rings. The van der Waals surface area contributed by atoms with Crippen LogP contribution in [0.4, 0.5) is 0 Å². The summed E-state index contributed by atoms with van der Waals surface area (Å²) in [6, 6.07) is 0. The second-order valence-corrected chi connectivity index (χ2v) is 6.56. The molecule has 0 aliphatic carbocycles. The summed E-state index contributed by atoms with van der Waals surface area (Å²) in [6.07, 6.45) is 3.45. The fourth-order valence-corrected chi connectivity index (χ4v) is 2.32. The van der Waals surface area contributed by atoms with Crippen molar-refractivity contribution in [1.29, 1.82) is 0 Å². The lowest BCUT2D eigenvalue weighted by atomic mass is 9.76. The van der Waals surface area contributed by atoms with E-state index < -0.39 is 18.3 Å². The molecule has 0 spiro atoms. The van der Waals surface area contributed by atoms with Crippen molar-refractivity contribution in [3.05, 3.63) is 23.0 Å². The number of Topliss-reactive ketones (excluding diaryl/α,β-unsaturated/α-hetero) is 1. The molecule has 6 heteroatoms. The van der Waals surface area contributed by atoms with Crippen molar-refractivity contribution < 1.29 is 14.1 Å². The normalized spacial score (nSPS) is 20.2. The summed E-state index contributed by atoms with van der Waals surface area (Å²) >= 11 is 6.17. The zero-order valence-corrected chi connectivity index (χ0v) is 13.2. The number of halogens is 1. The summed E-state index contributed by atoms with van der Waals surface area (Å²) in [6.45, 7) is 9.46. The molecule has 2 rings (SSSR count). The van der Waals surface area contributed by atoms with Gasteiger partial charge in [-0.15, -0.1) is 0 Å². The molecule has 0 amide bonds. The van der Waals surface area contributed by atoms with Crippen LogP contribution in [-0.4, -0.2) is 29.1 Å². The van der Waals surface area contributed by atoms with Crippen LogP contribution >= 0.6 is 11.6 Å². The zero-order chi connectivity index (χ0) is 15.1. The van der Waals surface area contributed by atoms with Crippen molar-refractivity contribution in [2.24, 2.45) is 0 Å². The molecular formula is C14H19BClNO3. The molecule has 0 unspecified atom stereocenters. The Morgan fingerprint density at radius 2 is 1.80 bits per heavy atom. The Balaban J connectivity index is 2.40. The van der Waals surface area contributed by atoms with Crippen molar-refractivity contribution in [2.75, 3.05) is 0 Å². The van der Waals surface area contributed by atoms with Gasteiger partial charge in [-0.05, 0) is 40.2 Å². The minimum absolute atomic E-state index is 0.0378. The number of hydrogen-bond donors (Lipinski definition) is 0. The molecule has 1 fully saturated rings. The molecule has 0 N–H and O–H groups in total. The van der Waals surface area contributed by atoms with Gasteiger partial charge in [-0.2, -0.15) is 0 Å². The van der Waals surface area contributed by atoms with Crippen molar-refractivity contribution in [1.82, 2.24) is 4.98 Å². The quantitative estimate of drug-likeness (QED) is 0.802. The van der Waals surface area contributed by atoms with E-state index in [-0.39, 0.29) is 12.2 Å². The Morgan fingerprint density at radius 1 is 1.25 bits per heavy atom. The van der Waals surface area contributed by atoms with Crippen LogP contribution in [0.25, 0.3) is 0 Å². The first-order valence-electron chi connectivity index (χ1n) is 6.61. The summed E-state index contributed by atoms with van der Waals surface area (Å²) in [5.74, 6) is 0.0378. The predicted molar refractivity (Wildman–Crippen MR) is 79.3 cm³/mol. The van der Waals surface area contributed by atoms with Gasteiger partial charge in [0.05, 0.1) is 16.2 Å². The van der Waals surface area contributed by atoms with Gasteiger partial charge in [0, 0.05) is 24.3 Å². The highest BCUT2D eigenvalue weighted by molar-refractivity contribution is 6.63. The summed E-state index contributed by atoms with van der Waals surface area (Å²) in [7, 11) is -0.555. The minimum Gasteiger partial charge on any atom is -0.399 e. The van der Waals surface area contributed by atoms with Gasteiger partial charge in [0.1, 0.15) is 5.78 Å². The average Bonchev–Trinajstić information content (AvgIpc) is 2.50. The number of carbonyl (C=O) groups excluding carboxylic acids is 1. The van der Waals surface area contributed by atoms with Crippen molar-refractivity contribution in [2.45, 2.75) is 52.2 Å². The van der Waals surface area contributed by atoms with E-state index in [0.717, 1.165) is 11.0 Å². The van der Waals surface area contributed by atoms with E-state index in [1.807, 2.05) is 27.7 Å². The first-order valence-corrected chi connectivity index (χ1v) is 6.99. The number of nitrogens with zero attached hydrogens (tertiary/aromatic N) is 1. The number of hydrogen-bond acceptors (Lipinski definition) is 4. The van der Waals surface area contributed by atoms with Crippen molar-refractivity contribution in [3.8, 4) is 0 Å². The van der Waals surface area contributed by atoms with Gasteiger partial charge < -0.3 is 9.31 Å². The summed E-state index contributed by atoms with van der Waals surface area (Å²) < 4.78 is 12.0. The van der Waals surface area contributed by atoms with Crippen molar-refractivity contribution in [3.63, 3.8) is 0 Å². The molecule has 4 nitrogen and oxygen atoms in total. The zero-order valence-electron chi connectivity index (χ0n) is 12.5. The molecule has 1 saturated heterocycles. The monoisotopic (exact) mass is 295 g/mol. The smallest absolute Gasteiger partial charge is 0.399 e. The van der Waals surface area contributed by atoms with Gasteiger partial charge in [0.25, 0.3) is 0 Å². The average molecular weight is 296 g/mol. The molecular weight excluding hydrogens is 276 g/mol. The number of carbonyl (C=O) groups is 1. The molecule has 0 aromatic carbocycles. The Kier molecular flexibility index (Phi) is 3.97. The molecule has 1 aliphatic rings. The van der Waals surface area contributed by atoms with Gasteiger partial charge >= 0.3 is 7.12 Å². The Labute approximate surface area is 125 Å². The topological polar surface area (TPSA) is 48.4 Å². The first kappa shape index (κ1) is 15.5. The van der Waals surface area contributed by atoms with E-state index in [0.29, 0.717) is 5.02 Å². The van der Waals surface area contributed by atoms with Crippen LogP contribution in [0.1, 0.15) is 40.2 Å². The van der Waals surface area contributed by atoms with Crippen LogP contribution in [-0.2, 0) is 20.5 Å². The molecule has 0 atom stereocenters. The third kappa shape index (κ3) is 2.75. The maximum Gasteiger partial charge on any atom is 0.496 e. The largest absolute Gasteiger partial charge is 0.496 e. The standard InChI is InChI=1S/C14H19BClNO3/c1-9(18)6-10-11(7-17-8-12(10)16)15-19-13(2,3)14(4,5)20-15/h7-8H,6H2,1-5H3. The summed E-state index contributed by atoms with van der Waals surface area (Å²) in [5.41, 5.74) is 0.583. The SMILES string of the molecule is CC(=O)Cc1c(Cl)cncc1B1OC(C)(C)C(C)(C)O1. The molecule has 1 aliphatic heterocycles. The van der Waals surface area contributed by atoms with E-state index in [4.69, 9.17) is 20.9 Å². The molecule has 0 radical (unpaired) electrons. The second kappa shape index (κ2) is 5.13. The summed E-state index contributed by atoms with van der Waals surface area (Å²) in [4.78, 5) is 15.5. The Bertz CT molecular complexity index is 529. The van der Waals surface area contributed by atoms with Crippen LogP contribution in [0.15, 0.2) is 12.4 Å². The molecule has 108 valence electrons. The highest BCUT2D eigenvalue weighted by atomic mass is 35.5. The van der Waals surface area contributed by atoms with Crippen LogP contribution in [0.5, 0.6) is 0 Å². The van der Waals surface area contributed by atoms with Gasteiger partial charge in [-0.3, -0.25) is 9.78 Å². The van der Waals surface area contributed by atoms with Gasteiger partial charge in [0.15, 0.2) is 0 Å². The van der Waals surface area contributed by atoms with Crippen LogP contribution in [0.3, 0.4) is 0 Å². The molecule has 2 heterocycles. The summed E-state index contributed by atoms with van der Waals surface area (Å²) in [5, 5.41) is 0.465. The molecule has 0 bridgehead atoms. The lowest BCUT2D eigenvalue weighted by Gasteiger charge is -2.32. The molecule has 1 aromatic heterocycles. The molecule has 0 saturated carbocycles. The van der Waals surface area contributed by atoms with Gasteiger partial charge in [-0.25, -0.2) is 0 Å². The minimum atomic E-state index is -0.555. The second-order valence-electron chi connectivity index (χ2n) is 6.16. The Morgan fingerprint density at radius 3 is 2.30 bits per heavy atom. The van der Waals surface area contributed by atoms with E-state index >= 15 is 0 Å². The number of pyridine rings is 1. The van der Waals surface area contributed by atoms with E-state index in [2.05, 4.69) is 4.98 Å². The third-order valence-electron chi connectivity index (χ3n) is 3.97. The van der Waals surface area contributed by atoms with Gasteiger partial charge in [-0.1, -0.05) is 11.6 Å². The lowest BCUT2D eigenvalue weighted by Crippen LogP contribution is -2.41. The van der Waals surface area contributed by atoms with E-state index in [1.54, 1.807) is 6.20 Å². The fraction of sp³-hybridized carbons (Fsp3) is 0.571. The van der Waals surface area contributed by atoms with E-state index in [1.165, 1.54) is 13.1 Å². The maximum atomic E-state index is 11.4. The predicted octanol–water partition coefficient (Wildman–Crippen LogP) is 2.17. The highest BCUT2D eigenvalue weighted by Gasteiger charge is 2.52. The van der Waals surface area contributed by atoms with E-state index in [9.17, 15) is 4.79 Å². The molecule has 20 heavy (non-hydrogen) atoms. The highest BCUT2D eigenvalue weighted by Crippen LogP contribution is 2.36. The fourth-order valence-electron chi connectivity index (χ4n) is 2.09. The lowest BCUT2D eigenvalue weighted by molar-refractivity contribution is -0.116.